The van der Waals surface area contributed by atoms with Gasteiger partial charge in [-0.25, -0.2) is 14.4 Å². The summed E-state index contributed by atoms with van der Waals surface area (Å²) in [5, 5.41) is 12.3. The predicted octanol–water partition coefficient (Wildman–Crippen LogP) is 4.25. The Morgan fingerprint density at radius 1 is 1.00 bits per heavy atom. The SMILES string of the molecule is Cn1cc(-c2cnc(-c3cccc(F)c3)nc2)cc1C(=O)Nc1cccc(O)c1. The standard InChI is InChI=1S/C22H17FN4O2/c1-27-13-15(9-20(27)22(29)26-18-6-3-7-19(28)10-18)16-11-24-21(25-12-16)14-4-2-5-17(23)8-14/h2-13,28H,1H3,(H,26,29). The Labute approximate surface area is 166 Å². The summed E-state index contributed by atoms with van der Waals surface area (Å²) < 4.78 is 15.1. The number of anilines is 1. The number of aromatic hydroxyl groups is 1. The van der Waals surface area contributed by atoms with E-state index in [1.807, 2.05) is 0 Å². The Kier molecular flexibility index (Phi) is 4.78. The molecule has 6 nitrogen and oxygen atoms in total. The van der Waals surface area contributed by atoms with Crippen LogP contribution < -0.4 is 5.32 Å². The van der Waals surface area contributed by atoms with Crippen LogP contribution in [0.2, 0.25) is 0 Å². The molecule has 144 valence electrons. The molecule has 0 unspecified atom stereocenters. The van der Waals surface area contributed by atoms with Gasteiger partial charge in [0, 0.05) is 54.1 Å². The van der Waals surface area contributed by atoms with Crippen LogP contribution in [0.25, 0.3) is 22.5 Å². The Morgan fingerprint density at radius 2 is 1.76 bits per heavy atom. The van der Waals surface area contributed by atoms with Gasteiger partial charge < -0.3 is 15.0 Å². The molecule has 0 atom stereocenters. The molecule has 0 saturated heterocycles. The van der Waals surface area contributed by atoms with Crippen molar-refractivity contribution in [2.75, 3.05) is 5.32 Å². The van der Waals surface area contributed by atoms with E-state index in [0.29, 0.717) is 22.8 Å². The van der Waals surface area contributed by atoms with Crippen LogP contribution in [0.4, 0.5) is 10.1 Å². The van der Waals surface area contributed by atoms with E-state index in [4.69, 9.17) is 0 Å². The highest BCUT2D eigenvalue weighted by Gasteiger charge is 2.14. The number of rotatable bonds is 4. The third-order valence-corrected chi connectivity index (χ3v) is 4.41. The minimum Gasteiger partial charge on any atom is -0.508 e. The van der Waals surface area contributed by atoms with Crippen LogP contribution in [0.1, 0.15) is 10.5 Å². The second-order valence-corrected chi connectivity index (χ2v) is 6.54. The van der Waals surface area contributed by atoms with Crippen molar-refractivity contribution >= 4 is 11.6 Å². The maximum atomic E-state index is 13.4. The molecular weight excluding hydrogens is 371 g/mol. The van der Waals surface area contributed by atoms with Crippen molar-refractivity contribution in [1.82, 2.24) is 14.5 Å². The van der Waals surface area contributed by atoms with Crippen LogP contribution in [-0.2, 0) is 7.05 Å². The number of phenolic OH excluding ortho intramolecular Hbond substituents is 1. The Hall–Kier alpha value is -4.00. The number of carbonyl (C=O) groups excluding carboxylic acids is 1. The number of nitrogens with zero attached hydrogens (tertiary/aromatic N) is 3. The summed E-state index contributed by atoms with van der Waals surface area (Å²) in [4.78, 5) is 21.2. The minimum absolute atomic E-state index is 0.0749. The normalized spacial score (nSPS) is 10.7. The highest BCUT2D eigenvalue weighted by atomic mass is 19.1. The van der Waals surface area contributed by atoms with Crippen molar-refractivity contribution in [1.29, 1.82) is 0 Å². The molecule has 0 aliphatic carbocycles. The van der Waals surface area contributed by atoms with Crippen LogP contribution in [0.15, 0.2) is 73.2 Å². The van der Waals surface area contributed by atoms with Gasteiger partial charge in [-0.05, 0) is 30.3 Å². The number of benzene rings is 2. The third-order valence-electron chi connectivity index (χ3n) is 4.41. The van der Waals surface area contributed by atoms with E-state index in [1.165, 1.54) is 24.3 Å². The number of carbonyl (C=O) groups is 1. The van der Waals surface area contributed by atoms with Gasteiger partial charge in [-0.1, -0.05) is 18.2 Å². The molecule has 0 spiro atoms. The summed E-state index contributed by atoms with van der Waals surface area (Å²) in [5.41, 5.74) is 3.05. The summed E-state index contributed by atoms with van der Waals surface area (Å²) in [6, 6.07) is 14.2. The summed E-state index contributed by atoms with van der Waals surface area (Å²) >= 11 is 0. The van der Waals surface area contributed by atoms with Crippen LogP contribution in [0.3, 0.4) is 0 Å². The lowest BCUT2D eigenvalue weighted by Gasteiger charge is -2.06. The van der Waals surface area contributed by atoms with Crippen LogP contribution in [-0.4, -0.2) is 25.5 Å². The fourth-order valence-corrected chi connectivity index (χ4v) is 2.98. The zero-order valence-corrected chi connectivity index (χ0v) is 15.5. The van der Waals surface area contributed by atoms with E-state index < -0.39 is 0 Å². The van der Waals surface area contributed by atoms with E-state index in [1.54, 1.807) is 60.5 Å². The van der Waals surface area contributed by atoms with Gasteiger partial charge in [0.15, 0.2) is 5.82 Å². The van der Waals surface area contributed by atoms with E-state index in [-0.39, 0.29) is 17.5 Å². The third kappa shape index (κ3) is 3.98. The first-order valence-corrected chi connectivity index (χ1v) is 8.85. The molecule has 7 heteroatoms. The maximum absolute atomic E-state index is 13.4. The Balaban J connectivity index is 1.56. The summed E-state index contributed by atoms with van der Waals surface area (Å²) in [7, 11) is 1.77. The molecule has 29 heavy (non-hydrogen) atoms. The van der Waals surface area contributed by atoms with Gasteiger partial charge in [0.05, 0.1) is 0 Å². The van der Waals surface area contributed by atoms with Crippen molar-refractivity contribution < 1.29 is 14.3 Å². The molecule has 2 N–H and O–H groups in total. The van der Waals surface area contributed by atoms with E-state index in [0.717, 1.165) is 11.1 Å². The van der Waals surface area contributed by atoms with Crippen LogP contribution >= 0.6 is 0 Å². The van der Waals surface area contributed by atoms with Gasteiger partial charge in [0.25, 0.3) is 5.91 Å². The Morgan fingerprint density at radius 3 is 2.48 bits per heavy atom. The second-order valence-electron chi connectivity index (χ2n) is 6.54. The van der Waals surface area contributed by atoms with Gasteiger partial charge in [0.2, 0.25) is 0 Å². The number of phenols is 1. The van der Waals surface area contributed by atoms with Gasteiger partial charge in [-0.15, -0.1) is 0 Å². The van der Waals surface area contributed by atoms with Gasteiger partial charge in [-0.2, -0.15) is 0 Å². The molecule has 4 aromatic rings. The summed E-state index contributed by atoms with van der Waals surface area (Å²) in [5.74, 6) is -0.154. The average Bonchev–Trinajstić information content (AvgIpc) is 3.10. The molecule has 1 amide bonds. The molecule has 2 aromatic heterocycles. The fourth-order valence-electron chi connectivity index (χ4n) is 2.98. The monoisotopic (exact) mass is 388 g/mol. The van der Waals surface area contributed by atoms with Gasteiger partial charge in [0.1, 0.15) is 17.3 Å². The number of amides is 1. The summed E-state index contributed by atoms with van der Waals surface area (Å²) in [6.07, 6.45) is 5.08. The van der Waals surface area contributed by atoms with Crippen molar-refractivity contribution in [3.8, 4) is 28.3 Å². The number of aryl methyl sites for hydroxylation is 1. The first kappa shape index (κ1) is 18.4. The Bertz CT molecular complexity index is 1190. The fraction of sp³-hybridized carbons (Fsp3) is 0.0455. The van der Waals surface area contributed by atoms with E-state index >= 15 is 0 Å². The largest absolute Gasteiger partial charge is 0.508 e. The molecule has 0 bridgehead atoms. The quantitative estimate of drug-likeness (QED) is 0.548. The molecular formula is C22H17FN4O2. The second kappa shape index (κ2) is 7.55. The topological polar surface area (TPSA) is 80.0 Å². The number of hydrogen-bond donors (Lipinski definition) is 2. The molecule has 2 heterocycles. The molecule has 0 saturated carbocycles. The van der Waals surface area contributed by atoms with Crippen LogP contribution in [0.5, 0.6) is 5.75 Å². The molecule has 0 aliphatic heterocycles. The van der Waals surface area contributed by atoms with Crippen molar-refractivity contribution in [2.45, 2.75) is 0 Å². The van der Waals surface area contributed by atoms with Gasteiger partial charge in [-0.3, -0.25) is 4.79 Å². The zero-order valence-electron chi connectivity index (χ0n) is 15.5. The number of nitrogens with one attached hydrogen (secondary N) is 1. The zero-order chi connectivity index (χ0) is 20.4. The van der Waals surface area contributed by atoms with Crippen LogP contribution in [0, 0.1) is 5.82 Å². The lowest BCUT2D eigenvalue weighted by Crippen LogP contribution is -2.15. The smallest absolute Gasteiger partial charge is 0.272 e. The van der Waals surface area contributed by atoms with Crippen molar-refractivity contribution in [3.05, 3.63) is 84.7 Å². The van der Waals surface area contributed by atoms with Crippen molar-refractivity contribution in [3.63, 3.8) is 0 Å². The predicted molar refractivity (Wildman–Crippen MR) is 108 cm³/mol. The minimum atomic E-state index is -0.347. The lowest BCUT2D eigenvalue weighted by atomic mass is 10.1. The number of hydrogen-bond acceptors (Lipinski definition) is 4. The number of aromatic nitrogens is 3. The van der Waals surface area contributed by atoms with Gasteiger partial charge >= 0.3 is 0 Å². The molecule has 0 radical (unpaired) electrons. The molecule has 0 fully saturated rings. The average molecular weight is 388 g/mol. The molecule has 4 rings (SSSR count). The molecule has 0 aliphatic rings. The lowest BCUT2D eigenvalue weighted by molar-refractivity contribution is 0.101. The number of halogens is 1. The summed E-state index contributed by atoms with van der Waals surface area (Å²) in [6.45, 7) is 0. The first-order chi connectivity index (χ1) is 14.0. The first-order valence-electron chi connectivity index (χ1n) is 8.85. The highest BCUT2D eigenvalue weighted by molar-refractivity contribution is 6.04. The van der Waals surface area contributed by atoms with E-state index in [2.05, 4.69) is 15.3 Å². The van der Waals surface area contributed by atoms with E-state index in [9.17, 15) is 14.3 Å². The highest BCUT2D eigenvalue weighted by Crippen LogP contribution is 2.24. The maximum Gasteiger partial charge on any atom is 0.272 e. The molecule has 2 aromatic carbocycles. The van der Waals surface area contributed by atoms with Crippen molar-refractivity contribution in [2.24, 2.45) is 7.05 Å².